The fourth-order valence-electron chi connectivity index (χ4n) is 3.98. The summed E-state index contributed by atoms with van der Waals surface area (Å²) in [6.07, 6.45) is 4.44. The van der Waals surface area contributed by atoms with Crippen molar-refractivity contribution in [3.63, 3.8) is 0 Å². The Balaban J connectivity index is 1.79. The van der Waals surface area contributed by atoms with Gasteiger partial charge in [-0.1, -0.05) is 20.8 Å². The van der Waals surface area contributed by atoms with Crippen molar-refractivity contribution in [3.8, 4) is 0 Å². The second-order valence-electron chi connectivity index (χ2n) is 7.76. The van der Waals surface area contributed by atoms with Crippen molar-refractivity contribution in [2.24, 2.45) is 5.41 Å². The van der Waals surface area contributed by atoms with E-state index in [0.29, 0.717) is 0 Å². The standard InChI is InChI=1S/C18H30N2O/c1-5-19(14-6-7-14)8-9-20-13(2)10-15-16(20)11-18(3,4)12-17(15)21/h10,14,17,21H,5-9,11-12H2,1-4H3. The van der Waals surface area contributed by atoms with Gasteiger partial charge >= 0.3 is 0 Å². The maximum atomic E-state index is 10.4. The molecule has 3 nitrogen and oxygen atoms in total. The van der Waals surface area contributed by atoms with Crippen molar-refractivity contribution in [2.75, 3.05) is 13.1 Å². The summed E-state index contributed by atoms with van der Waals surface area (Å²) in [7, 11) is 0. The smallest absolute Gasteiger partial charge is 0.0812 e. The van der Waals surface area contributed by atoms with Gasteiger partial charge < -0.3 is 9.67 Å². The van der Waals surface area contributed by atoms with Gasteiger partial charge in [0.1, 0.15) is 0 Å². The molecule has 0 aromatic carbocycles. The predicted octanol–water partition coefficient (Wildman–Crippen LogP) is 3.29. The minimum atomic E-state index is -0.283. The lowest BCUT2D eigenvalue weighted by molar-refractivity contribution is 0.0977. The molecule has 3 heteroatoms. The van der Waals surface area contributed by atoms with Crippen LogP contribution in [-0.2, 0) is 13.0 Å². The third-order valence-electron chi connectivity index (χ3n) is 5.28. The molecule has 3 rings (SSSR count). The lowest BCUT2D eigenvalue weighted by Crippen LogP contribution is -2.31. The summed E-state index contributed by atoms with van der Waals surface area (Å²) in [5.74, 6) is 0. The zero-order valence-electron chi connectivity index (χ0n) is 14.0. The molecule has 1 aromatic rings. The molecule has 0 amide bonds. The average molecular weight is 290 g/mol. The molecular weight excluding hydrogens is 260 g/mol. The molecule has 0 bridgehead atoms. The van der Waals surface area contributed by atoms with Gasteiger partial charge in [0.05, 0.1) is 6.10 Å². The van der Waals surface area contributed by atoms with E-state index in [4.69, 9.17) is 0 Å². The summed E-state index contributed by atoms with van der Waals surface area (Å²) >= 11 is 0. The highest BCUT2D eigenvalue weighted by molar-refractivity contribution is 5.33. The molecule has 1 heterocycles. The number of hydrogen-bond donors (Lipinski definition) is 1. The van der Waals surface area contributed by atoms with Gasteiger partial charge in [-0.15, -0.1) is 0 Å². The van der Waals surface area contributed by atoms with Gasteiger partial charge in [0.2, 0.25) is 0 Å². The van der Waals surface area contributed by atoms with E-state index >= 15 is 0 Å². The Hall–Kier alpha value is -0.800. The van der Waals surface area contributed by atoms with Crippen LogP contribution in [0.25, 0.3) is 0 Å². The van der Waals surface area contributed by atoms with Crippen LogP contribution in [0.4, 0.5) is 0 Å². The van der Waals surface area contributed by atoms with Crippen LogP contribution in [0.5, 0.6) is 0 Å². The van der Waals surface area contributed by atoms with Crippen LogP contribution in [0, 0.1) is 12.3 Å². The van der Waals surface area contributed by atoms with Gasteiger partial charge in [-0.05, 0) is 50.6 Å². The molecule has 1 fully saturated rings. The second-order valence-corrected chi connectivity index (χ2v) is 7.76. The molecule has 21 heavy (non-hydrogen) atoms. The van der Waals surface area contributed by atoms with Crippen LogP contribution in [0.3, 0.4) is 0 Å². The van der Waals surface area contributed by atoms with E-state index in [1.807, 2.05) is 0 Å². The topological polar surface area (TPSA) is 28.4 Å². The number of nitrogens with zero attached hydrogens (tertiary/aromatic N) is 2. The second kappa shape index (κ2) is 5.44. The van der Waals surface area contributed by atoms with Crippen LogP contribution in [0.2, 0.25) is 0 Å². The molecule has 2 aliphatic rings. The minimum absolute atomic E-state index is 0.204. The molecule has 118 valence electrons. The lowest BCUT2D eigenvalue weighted by Gasteiger charge is -2.34. The number of hydrogen-bond acceptors (Lipinski definition) is 2. The molecule has 1 saturated carbocycles. The summed E-state index contributed by atoms with van der Waals surface area (Å²) in [5, 5.41) is 10.4. The monoisotopic (exact) mass is 290 g/mol. The third-order valence-corrected chi connectivity index (χ3v) is 5.28. The summed E-state index contributed by atoms with van der Waals surface area (Å²) in [6.45, 7) is 12.4. The zero-order valence-corrected chi connectivity index (χ0v) is 14.0. The molecule has 1 aromatic heterocycles. The SMILES string of the molecule is CCN(CCn1c(C)cc2c1CC(C)(C)CC2O)C1CC1. The summed E-state index contributed by atoms with van der Waals surface area (Å²) in [6, 6.07) is 3.05. The van der Waals surface area contributed by atoms with Crippen LogP contribution >= 0.6 is 0 Å². The average Bonchev–Trinajstić information content (AvgIpc) is 3.17. The number of rotatable bonds is 5. The van der Waals surface area contributed by atoms with Gasteiger partial charge in [0.25, 0.3) is 0 Å². The molecule has 1 N–H and O–H groups in total. The van der Waals surface area contributed by atoms with Gasteiger partial charge in [0.15, 0.2) is 0 Å². The van der Waals surface area contributed by atoms with E-state index < -0.39 is 0 Å². The Morgan fingerprint density at radius 2 is 2.10 bits per heavy atom. The first-order valence-electron chi connectivity index (χ1n) is 8.52. The Labute approximate surface area is 129 Å². The maximum absolute atomic E-state index is 10.4. The Kier molecular flexibility index (Phi) is 3.91. The fourth-order valence-corrected chi connectivity index (χ4v) is 3.98. The molecule has 2 aliphatic carbocycles. The van der Waals surface area contributed by atoms with Crippen molar-refractivity contribution in [3.05, 3.63) is 23.0 Å². The molecule has 0 radical (unpaired) electrons. The highest BCUT2D eigenvalue weighted by Gasteiger charge is 2.34. The normalized spacial score (nSPS) is 24.4. The van der Waals surface area contributed by atoms with E-state index in [2.05, 4.69) is 43.2 Å². The maximum Gasteiger partial charge on any atom is 0.0812 e. The predicted molar refractivity (Wildman–Crippen MR) is 86.5 cm³/mol. The first-order chi connectivity index (χ1) is 9.91. The van der Waals surface area contributed by atoms with Crippen molar-refractivity contribution >= 4 is 0 Å². The first-order valence-corrected chi connectivity index (χ1v) is 8.52. The van der Waals surface area contributed by atoms with Gasteiger partial charge in [-0.3, -0.25) is 4.90 Å². The zero-order chi connectivity index (χ0) is 15.2. The van der Waals surface area contributed by atoms with Gasteiger partial charge in [-0.25, -0.2) is 0 Å². The summed E-state index contributed by atoms with van der Waals surface area (Å²) in [4.78, 5) is 2.61. The molecule has 0 spiro atoms. The highest BCUT2D eigenvalue weighted by Crippen LogP contribution is 2.42. The fraction of sp³-hybridized carbons (Fsp3) is 0.778. The quantitative estimate of drug-likeness (QED) is 0.901. The van der Waals surface area contributed by atoms with Gasteiger partial charge in [-0.2, -0.15) is 0 Å². The van der Waals surface area contributed by atoms with E-state index in [0.717, 1.165) is 38.5 Å². The number of aliphatic hydroxyl groups is 1. The number of fused-ring (bicyclic) bond motifs is 1. The first kappa shape index (κ1) is 15.1. The Bertz CT molecular complexity index is 514. The van der Waals surface area contributed by atoms with Crippen LogP contribution in [0.15, 0.2) is 6.07 Å². The molecule has 0 aliphatic heterocycles. The number of aromatic nitrogens is 1. The van der Waals surface area contributed by atoms with Crippen molar-refractivity contribution < 1.29 is 5.11 Å². The van der Waals surface area contributed by atoms with E-state index in [1.54, 1.807) is 0 Å². The summed E-state index contributed by atoms with van der Waals surface area (Å²) < 4.78 is 2.46. The Morgan fingerprint density at radius 3 is 2.71 bits per heavy atom. The van der Waals surface area contributed by atoms with E-state index in [1.165, 1.54) is 29.8 Å². The van der Waals surface area contributed by atoms with Crippen LogP contribution < -0.4 is 0 Å². The van der Waals surface area contributed by atoms with E-state index in [-0.39, 0.29) is 11.5 Å². The summed E-state index contributed by atoms with van der Waals surface area (Å²) in [5.41, 5.74) is 4.07. The van der Waals surface area contributed by atoms with Crippen LogP contribution in [-0.4, -0.2) is 33.7 Å². The number of likely N-dealkylation sites (N-methyl/N-ethyl adjacent to an activating group) is 1. The van der Waals surface area contributed by atoms with Gasteiger partial charge in [0, 0.05) is 36.1 Å². The molecule has 1 unspecified atom stereocenters. The van der Waals surface area contributed by atoms with Crippen molar-refractivity contribution in [1.29, 1.82) is 0 Å². The minimum Gasteiger partial charge on any atom is -0.388 e. The largest absolute Gasteiger partial charge is 0.388 e. The Morgan fingerprint density at radius 1 is 1.38 bits per heavy atom. The molecular formula is C18H30N2O. The number of aryl methyl sites for hydroxylation is 1. The van der Waals surface area contributed by atoms with E-state index in [9.17, 15) is 5.11 Å². The third kappa shape index (κ3) is 3.04. The van der Waals surface area contributed by atoms with Crippen molar-refractivity contribution in [2.45, 2.75) is 72.1 Å². The number of aliphatic hydroxyl groups excluding tert-OH is 1. The molecule has 1 atom stereocenters. The van der Waals surface area contributed by atoms with Crippen LogP contribution in [0.1, 0.15) is 63.1 Å². The molecule has 0 saturated heterocycles. The highest BCUT2D eigenvalue weighted by atomic mass is 16.3. The van der Waals surface area contributed by atoms with Crippen molar-refractivity contribution in [1.82, 2.24) is 9.47 Å². The lowest BCUT2D eigenvalue weighted by atomic mass is 9.75.